The molecule has 2 aliphatic heterocycles. The summed E-state index contributed by atoms with van der Waals surface area (Å²) in [4.78, 5) is 14.4. The van der Waals surface area contributed by atoms with E-state index in [1.807, 2.05) is 0 Å². The molecule has 2 saturated heterocycles. The Morgan fingerprint density at radius 3 is 2.00 bits per heavy atom. The van der Waals surface area contributed by atoms with E-state index in [1.165, 1.54) is 0 Å². The molecule has 0 radical (unpaired) electrons. The van der Waals surface area contributed by atoms with Gasteiger partial charge in [0.05, 0.1) is 6.61 Å². The molecule has 7 N–H and O–H groups in total. The van der Waals surface area contributed by atoms with Crippen molar-refractivity contribution in [2.45, 2.75) is 80.7 Å². The van der Waals surface area contributed by atoms with Crippen molar-refractivity contribution in [3.05, 3.63) is 10.4 Å². The largest absolute Gasteiger partial charge is 0.463 e. The zero-order chi connectivity index (χ0) is 23.8. The molecule has 15 nitrogen and oxygen atoms in total. The van der Waals surface area contributed by atoms with Gasteiger partial charge in [0.1, 0.15) is 55.4 Å². The van der Waals surface area contributed by atoms with Gasteiger partial charge >= 0.3 is 5.97 Å². The van der Waals surface area contributed by atoms with Crippen LogP contribution in [-0.2, 0) is 23.7 Å². The summed E-state index contributed by atoms with van der Waals surface area (Å²) in [5, 5.41) is 72.6. The van der Waals surface area contributed by atoms with Crippen molar-refractivity contribution in [2.24, 2.45) is 5.11 Å². The van der Waals surface area contributed by atoms with Gasteiger partial charge in [0.25, 0.3) is 0 Å². The van der Waals surface area contributed by atoms with Gasteiger partial charge in [0.2, 0.25) is 0 Å². The fourth-order valence-electron chi connectivity index (χ4n) is 3.22. The number of esters is 1. The monoisotopic (exact) mass is 467 g/mol. The van der Waals surface area contributed by atoms with Crippen LogP contribution in [0.1, 0.15) is 19.3 Å². The van der Waals surface area contributed by atoms with Crippen LogP contribution in [0.5, 0.6) is 0 Å². The zero-order valence-corrected chi connectivity index (χ0v) is 17.0. The third kappa shape index (κ3) is 6.69. The topological polar surface area (TPSA) is 244 Å². The van der Waals surface area contributed by atoms with Crippen molar-refractivity contribution in [3.8, 4) is 0 Å². The molecule has 10 atom stereocenters. The first-order chi connectivity index (χ1) is 15.2. The number of hydrogen-bond donors (Lipinski definition) is 7. The van der Waals surface area contributed by atoms with Crippen molar-refractivity contribution in [3.63, 3.8) is 0 Å². The minimum atomic E-state index is -1.80. The summed E-state index contributed by atoms with van der Waals surface area (Å²) < 4.78 is 20.8. The van der Waals surface area contributed by atoms with E-state index in [1.54, 1.807) is 0 Å². The molecule has 0 aromatic heterocycles. The molecule has 0 aromatic rings. The molecule has 0 saturated carbocycles. The molecular formula is C17H29N3O12. The predicted molar refractivity (Wildman–Crippen MR) is 100 cm³/mol. The molecule has 0 aromatic carbocycles. The van der Waals surface area contributed by atoms with E-state index < -0.39 is 80.6 Å². The normalized spacial score (nSPS) is 39.8. The summed E-state index contributed by atoms with van der Waals surface area (Å²) in [6.45, 7) is -0.967. The Balaban J connectivity index is 1.92. The number of aliphatic hydroxyl groups excluding tert-OH is 7. The Labute approximate surface area is 182 Å². The van der Waals surface area contributed by atoms with Crippen LogP contribution in [-0.4, -0.2) is 123 Å². The fourth-order valence-corrected chi connectivity index (χ4v) is 3.22. The molecular weight excluding hydrogens is 438 g/mol. The first-order valence-electron chi connectivity index (χ1n) is 10.0. The van der Waals surface area contributed by atoms with E-state index in [0.29, 0.717) is 12.8 Å². The molecule has 0 spiro atoms. The Kier molecular flexibility index (Phi) is 10.5. The highest BCUT2D eigenvalue weighted by Gasteiger charge is 2.49. The average molecular weight is 467 g/mol. The number of carbonyl (C=O) groups excluding carboxylic acids is 1. The molecule has 0 bridgehead atoms. The average Bonchev–Trinajstić information content (AvgIpc) is 2.78. The van der Waals surface area contributed by atoms with Crippen molar-refractivity contribution in [1.82, 2.24) is 0 Å². The first kappa shape index (κ1) is 26.6. The summed E-state index contributed by atoms with van der Waals surface area (Å²) in [6, 6.07) is 0. The molecule has 2 fully saturated rings. The quantitative estimate of drug-likeness (QED) is 0.0547. The maximum atomic E-state index is 11.8. The van der Waals surface area contributed by atoms with Gasteiger partial charge in [0, 0.05) is 17.9 Å². The zero-order valence-electron chi connectivity index (χ0n) is 17.0. The molecule has 2 heterocycles. The molecule has 2 rings (SSSR count). The predicted octanol–water partition coefficient (Wildman–Crippen LogP) is -3.37. The second-order valence-corrected chi connectivity index (χ2v) is 7.44. The molecule has 6 unspecified atom stereocenters. The molecule has 15 heteroatoms. The minimum absolute atomic E-state index is 0.0136. The van der Waals surface area contributed by atoms with Crippen LogP contribution in [0.25, 0.3) is 10.4 Å². The molecule has 2 aliphatic rings. The molecule has 32 heavy (non-hydrogen) atoms. The Hall–Kier alpha value is -1.62. The minimum Gasteiger partial charge on any atom is -0.463 e. The highest BCUT2D eigenvalue weighted by molar-refractivity contribution is 5.69. The number of hydrogen-bond acceptors (Lipinski definition) is 13. The Morgan fingerprint density at radius 2 is 1.44 bits per heavy atom. The maximum absolute atomic E-state index is 11.8. The van der Waals surface area contributed by atoms with Gasteiger partial charge in [-0.3, -0.25) is 4.79 Å². The third-order valence-corrected chi connectivity index (χ3v) is 5.15. The van der Waals surface area contributed by atoms with Crippen molar-refractivity contribution in [2.75, 3.05) is 19.8 Å². The summed E-state index contributed by atoms with van der Waals surface area (Å²) >= 11 is 0. The van der Waals surface area contributed by atoms with E-state index in [-0.39, 0.29) is 13.0 Å². The number of ether oxygens (including phenoxy) is 4. The van der Waals surface area contributed by atoms with Crippen LogP contribution < -0.4 is 0 Å². The van der Waals surface area contributed by atoms with Gasteiger partial charge in [0.15, 0.2) is 12.6 Å². The van der Waals surface area contributed by atoms with E-state index in [0.717, 1.165) is 0 Å². The standard InChI is InChI=1S/C17H29N3O12/c18-20-19-4-2-1-3-9(22)29-6-8-11(24)13(26)15(28)17(31-8)32-16-14(27)12(25)10(23)7(5-21)30-16/h7-8,10-17,21,23-28H,1-6H2/t7?,8?,10-,11-,12?,13?,14?,15?,16-,17-/m1/s1. The number of nitrogens with zero attached hydrogens (tertiary/aromatic N) is 3. The fraction of sp³-hybridized carbons (Fsp3) is 0.941. The van der Waals surface area contributed by atoms with E-state index in [4.69, 9.17) is 24.5 Å². The number of rotatable bonds is 10. The Morgan fingerprint density at radius 1 is 0.875 bits per heavy atom. The summed E-state index contributed by atoms with van der Waals surface area (Å²) in [5.41, 5.74) is 8.18. The molecule has 0 amide bonds. The number of aliphatic hydroxyl groups is 7. The summed E-state index contributed by atoms with van der Waals surface area (Å²) in [6.07, 6.45) is -15.4. The lowest BCUT2D eigenvalue weighted by atomic mass is 9.98. The smallest absolute Gasteiger partial charge is 0.305 e. The van der Waals surface area contributed by atoms with Crippen molar-refractivity contribution < 1.29 is 59.5 Å². The lowest BCUT2D eigenvalue weighted by Crippen LogP contribution is -2.63. The van der Waals surface area contributed by atoms with Gasteiger partial charge < -0.3 is 54.7 Å². The molecule has 0 aliphatic carbocycles. The number of azide groups is 1. The first-order valence-corrected chi connectivity index (χ1v) is 10.0. The lowest BCUT2D eigenvalue weighted by molar-refractivity contribution is -0.376. The Bertz CT molecular complexity index is 648. The van der Waals surface area contributed by atoms with Crippen LogP contribution in [0.15, 0.2) is 5.11 Å². The van der Waals surface area contributed by atoms with Crippen LogP contribution in [0.2, 0.25) is 0 Å². The van der Waals surface area contributed by atoms with E-state index in [9.17, 15) is 40.5 Å². The van der Waals surface area contributed by atoms with Crippen molar-refractivity contribution >= 4 is 5.97 Å². The van der Waals surface area contributed by atoms with Gasteiger partial charge in [-0.25, -0.2) is 0 Å². The lowest BCUT2D eigenvalue weighted by Gasteiger charge is -2.44. The second kappa shape index (κ2) is 12.6. The van der Waals surface area contributed by atoms with Gasteiger partial charge in [-0.2, -0.15) is 0 Å². The van der Waals surface area contributed by atoms with Crippen molar-refractivity contribution in [1.29, 1.82) is 0 Å². The maximum Gasteiger partial charge on any atom is 0.305 e. The van der Waals surface area contributed by atoms with Crippen LogP contribution in [0.4, 0.5) is 0 Å². The van der Waals surface area contributed by atoms with Gasteiger partial charge in [-0.1, -0.05) is 5.11 Å². The van der Waals surface area contributed by atoms with Gasteiger partial charge in [-0.05, 0) is 18.4 Å². The van der Waals surface area contributed by atoms with Crippen LogP contribution >= 0.6 is 0 Å². The van der Waals surface area contributed by atoms with E-state index in [2.05, 4.69) is 10.0 Å². The van der Waals surface area contributed by atoms with E-state index >= 15 is 0 Å². The number of unbranched alkanes of at least 4 members (excludes halogenated alkanes) is 1. The second-order valence-electron chi connectivity index (χ2n) is 7.44. The highest BCUT2D eigenvalue weighted by atomic mass is 16.8. The number of carbonyl (C=O) groups is 1. The summed E-state index contributed by atoms with van der Waals surface area (Å²) in [7, 11) is 0. The van der Waals surface area contributed by atoms with Crippen LogP contribution in [0.3, 0.4) is 0 Å². The van der Waals surface area contributed by atoms with Gasteiger partial charge in [-0.15, -0.1) is 0 Å². The third-order valence-electron chi connectivity index (χ3n) is 5.15. The summed E-state index contributed by atoms with van der Waals surface area (Å²) in [5.74, 6) is -0.631. The molecule has 184 valence electrons. The highest BCUT2D eigenvalue weighted by Crippen LogP contribution is 2.28. The van der Waals surface area contributed by atoms with Crippen LogP contribution in [0, 0.1) is 0 Å². The SMILES string of the molecule is [N-]=[N+]=NCCCCC(=O)OCC1O[C@H](O[C@H]2OC(CO)[C@@H](O)C(O)C2O)C(O)C(O)[C@@H]1O.